The molecule has 6 nitrogen and oxygen atoms in total. The smallest absolute Gasteiger partial charge is 0.421 e. The molecule has 0 spiro atoms. The fraction of sp³-hybridized carbons (Fsp3) is 0.300. The van der Waals surface area contributed by atoms with Crippen LogP contribution in [-0.4, -0.2) is 29.8 Å². The van der Waals surface area contributed by atoms with E-state index in [0.29, 0.717) is 11.3 Å². The summed E-state index contributed by atoms with van der Waals surface area (Å²) >= 11 is 0. The number of amides is 2. The minimum absolute atomic E-state index is 0.274. The Balaban J connectivity index is 2.18. The maximum Gasteiger partial charge on any atom is 0.421 e. The Bertz CT molecular complexity index is 856. The van der Waals surface area contributed by atoms with Crippen LogP contribution >= 0.6 is 0 Å². The van der Waals surface area contributed by atoms with E-state index in [4.69, 9.17) is 9.47 Å². The Morgan fingerprint density at radius 3 is 2.35 bits per heavy atom. The lowest BCUT2D eigenvalue weighted by Crippen LogP contribution is -2.45. The van der Waals surface area contributed by atoms with E-state index in [1.54, 1.807) is 69.3 Å². The Kier molecular flexibility index (Phi) is 4.24. The molecule has 0 unspecified atom stereocenters. The standard InChI is InChI=1S/C20H21NO5/c1-19(2,3)26-18(23)21-16-11-10-14(25-4)12-15(16)20(24,17(21)22)13-8-6-5-7-9-13/h5-12,24H,1-4H3/t20-/m0/s1. The van der Waals surface area contributed by atoms with Crippen molar-refractivity contribution in [2.45, 2.75) is 32.0 Å². The molecule has 2 amide bonds. The number of methoxy groups -OCH3 is 1. The summed E-state index contributed by atoms with van der Waals surface area (Å²) in [5.41, 5.74) is -1.86. The lowest BCUT2D eigenvalue weighted by Gasteiger charge is -2.25. The minimum Gasteiger partial charge on any atom is -0.497 e. The lowest BCUT2D eigenvalue weighted by molar-refractivity contribution is -0.131. The zero-order chi connectivity index (χ0) is 19.1. The molecule has 0 bridgehead atoms. The SMILES string of the molecule is COc1ccc2c(c1)[C@@](O)(c1ccccc1)C(=O)N2C(=O)OC(C)(C)C. The van der Waals surface area contributed by atoms with Crippen LogP contribution in [0.3, 0.4) is 0 Å². The van der Waals surface area contributed by atoms with E-state index in [1.165, 1.54) is 7.11 Å². The predicted molar refractivity (Wildman–Crippen MR) is 96.2 cm³/mol. The van der Waals surface area contributed by atoms with Gasteiger partial charge in [0.1, 0.15) is 11.4 Å². The third-order valence-electron chi connectivity index (χ3n) is 4.11. The van der Waals surface area contributed by atoms with Gasteiger partial charge in [0, 0.05) is 5.56 Å². The minimum atomic E-state index is -2.00. The van der Waals surface area contributed by atoms with Gasteiger partial charge in [-0.1, -0.05) is 30.3 Å². The Hall–Kier alpha value is -2.86. The van der Waals surface area contributed by atoms with Crippen LogP contribution in [-0.2, 0) is 15.1 Å². The summed E-state index contributed by atoms with van der Waals surface area (Å²) in [5, 5.41) is 11.4. The van der Waals surface area contributed by atoms with Crippen molar-refractivity contribution in [1.29, 1.82) is 0 Å². The van der Waals surface area contributed by atoms with Gasteiger partial charge in [-0.25, -0.2) is 9.69 Å². The largest absolute Gasteiger partial charge is 0.497 e. The number of nitrogens with zero attached hydrogens (tertiary/aromatic N) is 1. The molecule has 0 aliphatic carbocycles. The molecule has 0 radical (unpaired) electrons. The van der Waals surface area contributed by atoms with Crippen molar-refractivity contribution in [1.82, 2.24) is 0 Å². The second-order valence-corrected chi connectivity index (χ2v) is 7.08. The quantitative estimate of drug-likeness (QED) is 0.895. The second kappa shape index (κ2) is 6.14. The number of fused-ring (bicyclic) bond motifs is 1. The number of aliphatic hydroxyl groups is 1. The zero-order valence-corrected chi connectivity index (χ0v) is 15.1. The van der Waals surface area contributed by atoms with E-state index in [1.807, 2.05) is 0 Å². The molecule has 0 saturated carbocycles. The summed E-state index contributed by atoms with van der Waals surface area (Å²) in [4.78, 5) is 26.7. The molecular formula is C20H21NO5. The van der Waals surface area contributed by atoms with Gasteiger partial charge in [-0.2, -0.15) is 0 Å². The normalized spacial score (nSPS) is 19.3. The summed E-state index contributed by atoms with van der Waals surface area (Å²) in [5.74, 6) is -0.307. The van der Waals surface area contributed by atoms with Crippen LogP contribution in [0.1, 0.15) is 31.9 Å². The highest BCUT2D eigenvalue weighted by molar-refractivity contribution is 6.21. The maximum atomic E-state index is 13.1. The molecule has 6 heteroatoms. The van der Waals surface area contributed by atoms with Crippen LogP contribution in [0, 0.1) is 0 Å². The number of imide groups is 1. The summed E-state index contributed by atoms with van der Waals surface area (Å²) in [7, 11) is 1.49. The highest BCUT2D eigenvalue weighted by Gasteiger charge is 2.54. The van der Waals surface area contributed by atoms with Crippen molar-refractivity contribution in [3.8, 4) is 5.75 Å². The van der Waals surface area contributed by atoms with Gasteiger partial charge < -0.3 is 14.6 Å². The Labute approximate surface area is 152 Å². The van der Waals surface area contributed by atoms with Crippen molar-refractivity contribution < 1.29 is 24.2 Å². The van der Waals surface area contributed by atoms with Gasteiger partial charge in [0.2, 0.25) is 0 Å². The van der Waals surface area contributed by atoms with Crippen molar-refractivity contribution in [2.24, 2.45) is 0 Å². The van der Waals surface area contributed by atoms with Crippen LogP contribution in [0.4, 0.5) is 10.5 Å². The van der Waals surface area contributed by atoms with E-state index >= 15 is 0 Å². The fourth-order valence-electron chi connectivity index (χ4n) is 2.96. The summed E-state index contributed by atoms with van der Waals surface area (Å²) < 4.78 is 10.6. The first-order valence-electron chi connectivity index (χ1n) is 8.22. The number of ether oxygens (including phenoxy) is 2. The molecule has 2 aromatic carbocycles. The molecule has 0 aromatic heterocycles. The molecule has 1 aliphatic rings. The first-order chi connectivity index (χ1) is 12.2. The number of anilines is 1. The first kappa shape index (κ1) is 17.9. The number of carbonyl (C=O) groups is 2. The van der Waals surface area contributed by atoms with Gasteiger partial charge in [0.25, 0.3) is 5.91 Å². The third-order valence-corrected chi connectivity index (χ3v) is 4.11. The topological polar surface area (TPSA) is 76.1 Å². The lowest BCUT2D eigenvalue weighted by atomic mass is 9.87. The molecule has 1 atom stereocenters. The molecule has 136 valence electrons. The molecule has 1 aliphatic heterocycles. The van der Waals surface area contributed by atoms with Crippen LogP contribution in [0.5, 0.6) is 5.75 Å². The molecule has 2 aromatic rings. The molecule has 0 fully saturated rings. The van der Waals surface area contributed by atoms with E-state index in [-0.39, 0.29) is 11.3 Å². The predicted octanol–water partition coefficient (Wildman–Crippen LogP) is 3.21. The molecule has 26 heavy (non-hydrogen) atoms. The van der Waals surface area contributed by atoms with Crippen molar-refractivity contribution in [2.75, 3.05) is 12.0 Å². The summed E-state index contributed by atoms with van der Waals surface area (Å²) in [6, 6.07) is 13.2. The molecular weight excluding hydrogens is 334 g/mol. The van der Waals surface area contributed by atoms with Gasteiger partial charge in [-0.3, -0.25) is 4.79 Å². The number of hydrogen-bond acceptors (Lipinski definition) is 5. The zero-order valence-electron chi connectivity index (χ0n) is 15.1. The van der Waals surface area contributed by atoms with Crippen LogP contribution in [0.2, 0.25) is 0 Å². The van der Waals surface area contributed by atoms with Gasteiger partial charge in [-0.15, -0.1) is 0 Å². The van der Waals surface area contributed by atoms with Crippen molar-refractivity contribution >= 4 is 17.7 Å². The van der Waals surface area contributed by atoms with Gasteiger partial charge in [-0.05, 0) is 44.5 Å². The monoisotopic (exact) mass is 355 g/mol. The van der Waals surface area contributed by atoms with Crippen LogP contribution in [0.25, 0.3) is 0 Å². The average Bonchev–Trinajstić information content (AvgIpc) is 2.82. The molecule has 3 rings (SSSR count). The summed E-state index contributed by atoms with van der Waals surface area (Å²) in [6.07, 6.45) is -0.833. The highest BCUT2D eigenvalue weighted by atomic mass is 16.6. The second-order valence-electron chi connectivity index (χ2n) is 7.08. The number of carbonyl (C=O) groups excluding carboxylic acids is 2. The van der Waals surface area contributed by atoms with E-state index in [0.717, 1.165) is 4.90 Å². The van der Waals surface area contributed by atoms with Crippen LogP contribution < -0.4 is 9.64 Å². The first-order valence-corrected chi connectivity index (χ1v) is 8.22. The van der Waals surface area contributed by atoms with Crippen LogP contribution in [0.15, 0.2) is 48.5 Å². The van der Waals surface area contributed by atoms with E-state index in [9.17, 15) is 14.7 Å². The molecule has 1 heterocycles. The van der Waals surface area contributed by atoms with Crippen molar-refractivity contribution in [3.05, 3.63) is 59.7 Å². The molecule has 0 saturated heterocycles. The number of rotatable bonds is 2. The van der Waals surface area contributed by atoms with E-state index < -0.39 is 23.2 Å². The van der Waals surface area contributed by atoms with Crippen molar-refractivity contribution in [3.63, 3.8) is 0 Å². The van der Waals surface area contributed by atoms with Gasteiger partial charge in [0.15, 0.2) is 5.60 Å². The number of benzene rings is 2. The summed E-state index contributed by atoms with van der Waals surface area (Å²) in [6.45, 7) is 5.14. The molecule has 1 N–H and O–H groups in total. The third kappa shape index (κ3) is 2.82. The fourth-order valence-corrected chi connectivity index (χ4v) is 2.96. The average molecular weight is 355 g/mol. The highest BCUT2D eigenvalue weighted by Crippen LogP contribution is 2.46. The Morgan fingerprint density at radius 1 is 1.12 bits per heavy atom. The maximum absolute atomic E-state index is 13.1. The Morgan fingerprint density at radius 2 is 1.77 bits per heavy atom. The van der Waals surface area contributed by atoms with Gasteiger partial charge >= 0.3 is 6.09 Å². The number of hydrogen-bond donors (Lipinski definition) is 1. The van der Waals surface area contributed by atoms with E-state index in [2.05, 4.69) is 0 Å². The van der Waals surface area contributed by atoms with Gasteiger partial charge in [0.05, 0.1) is 12.8 Å².